The molecule has 0 aliphatic rings. The molecule has 0 unspecified atom stereocenters. The number of hydrogen-bond acceptors (Lipinski definition) is 4. The maximum absolute atomic E-state index is 10.7. The zero-order chi connectivity index (χ0) is 10.9. The van der Waals surface area contributed by atoms with Crippen molar-refractivity contribution in [2.24, 2.45) is 0 Å². The van der Waals surface area contributed by atoms with Gasteiger partial charge in [0.1, 0.15) is 10.6 Å². The second-order valence-corrected chi connectivity index (χ2v) is 3.85. The van der Waals surface area contributed by atoms with Crippen LogP contribution >= 0.6 is 0 Å². The molecule has 1 aromatic carbocycles. The van der Waals surface area contributed by atoms with Crippen LogP contribution in [-0.2, 0) is 10.1 Å². The topological polar surface area (TPSA) is 112 Å². The van der Waals surface area contributed by atoms with Gasteiger partial charge in [-0.05, 0) is 18.2 Å². The Kier molecular flexibility index (Phi) is 4.75. The van der Waals surface area contributed by atoms with Crippen LogP contribution in [0.2, 0.25) is 0 Å². The molecule has 0 amide bonds. The van der Waals surface area contributed by atoms with Crippen LogP contribution in [0.1, 0.15) is 10.4 Å². The van der Waals surface area contributed by atoms with Crippen molar-refractivity contribution < 1.29 is 28.0 Å². The molecule has 3 N–H and O–H groups in total. The zero-order valence-electron chi connectivity index (χ0n) is 6.71. The Morgan fingerprint density at radius 1 is 1.27 bits per heavy atom. The van der Waals surface area contributed by atoms with Crippen LogP contribution in [0.5, 0.6) is 5.75 Å². The Bertz CT molecular complexity index is 480. The van der Waals surface area contributed by atoms with E-state index >= 15 is 0 Å². The molecule has 1 rings (SSSR count). The van der Waals surface area contributed by atoms with Gasteiger partial charge in [-0.15, -0.1) is 0 Å². The summed E-state index contributed by atoms with van der Waals surface area (Å²) in [7, 11) is -4.59. The minimum absolute atomic E-state index is 0. The molecule has 78 valence electrons. The van der Waals surface area contributed by atoms with Crippen molar-refractivity contribution in [2.75, 3.05) is 0 Å². The molecule has 0 saturated carbocycles. The van der Waals surface area contributed by atoms with Gasteiger partial charge in [0.25, 0.3) is 10.1 Å². The van der Waals surface area contributed by atoms with Crippen LogP contribution in [0.25, 0.3) is 0 Å². The predicted molar refractivity (Wildman–Crippen MR) is 52.0 cm³/mol. The van der Waals surface area contributed by atoms with Crippen molar-refractivity contribution in [3.8, 4) is 5.75 Å². The van der Waals surface area contributed by atoms with Gasteiger partial charge in [-0.1, -0.05) is 0 Å². The van der Waals surface area contributed by atoms with E-state index in [1.807, 2.05) is 0 Å². The minimum atomic E-state index is -4.59. The van der Waals surface area contributed by atoms with Crippen LogP contribution in [0.3, 0.4) is 0 Å². The standard InChI is InChI=1S/C7H6O6S.Na.H/c8-4-1-2-6(14(11,12)13)5(3-4)7(9)10;;/h1-3,8H,(H,9,10)(H,11,12,13);;. The second-order valence-electron chi connectivity index (χ2n) is 2.46. The number of aromatic carboxylic acids is 1. The van der Waals surface area contributed by atoms with E-state index < -0.39 is 32.3 Å². The van der Waals surface area contributed by atoms with E-state index in [1.165, 1.54) is 0 Å². The molecule has 0 aliphatic carbocycles. The van der Waals surface area contributed by atoms with Gasteiger partial charge in [-0.25, -0.2) is 4.79 Å². The van der Waals surface area contributed by atoms with Crippen molar-refractivity contribution in [2.45, 2.75) is 4.90 Å². The molecule has 0 atom stereocenters. The van der Waals surface area contributed by atoms with Crippen molar-refractivity contribution in [1.29, 1.82) is 0 Å². The molecule has 6 nitrogen and oxygen atoms in total. The third-order valence-corrected chi connectivity index (χ3v) is 2.38. The summed E-state index contributed by atoms with van der Waals surface area (Å²) in [4.78, 5) is 9.79. The number of carbonyl (C=O) groups is 1. The fourth-order valence-electron chi connectivity index (χ4n) is 0.910. The Labute approximate surface area is 108 Å². The molecule has 0 spiro atoms. The molecular weight excluding hydrogens is 235 g/mol. The van der Waals surface area contributed by atoms with Crippen LogP contribution in [0.4, 0.5) is 0 Å². The molecule has 0 fully saturated rings. The van der Waals surface area contributed by atoms with E-state index in [1.54, 1.807) is 0 Å². The van der Waals surface area contributed by atoms with E-state index in [0.717, 1.165) is 18.2 Å². The van der Waals surface area contributed by atoms with E-state index in [9.17, 15) is 13.2 Å². The van der Waals surface area contributed by atoms with Gasteiger partial charge >= 0.3 is 35.5 Å². The first kappa shape index (κ1) is 14.4. The number of phenols is 1. The van der Waals surface area contributed by atoms with Crippen LogP contribution < -0.4 is 0 Å². The van der Waals surface area contributed by atoms with Gasteiger partial charge in [-0.2, -0.15) is 8.42 Å². The van der Waals surface area contributed by atoms with Gasteiger partial charge in [0.15, 0.2) is 0 Å². The van der Waals surface area contributed by atoms with Crippen molar-refractivity contribution in [3.63, 3.8) is 0 Å². The van der Waals surface area contributed by atoms with Gasteiger partial charge in [-0.3, -0.25) is 4.55 Å². The summed E-state index contributed by atoms with van der Waals surface area (Å²) in [5.41, 5.74) is -0.674. The molecule has 0 aliphatic heterocycles. The molecule has 15 heavy (non-hydrogen) atoms. The van der Waals surface area contributed by atoms with Crippen molar-refractivity contribution in [1.82, 2.24) is 0 Å². The zero-order valence-corrected chi connectivity index (χ0v) is 7.52. The fourth-order valence-corrected chi connectivity index (χ4v) is 1.57. The van der Waals surface area contributed by atoms with Crippen molar-refractivity contribution >= 4 is 45.6 Å². The third kappa shape index (κ3) is 3.47. The van der Waals surface area contributed by atoms with Crippen LogP contribution in [0.15, 0.2) is 23.1 Å². The first-order valence-electron chi connectivity index (χ1n) is 3.36. The molecule has 8 heteroatoms. The van der Waals surface area contributed by atoms with E-state index in [-0.39, 0.29) is 29.6 Å². The quantitative estimate of drug-likeness (QED) is 0.484. The number of carboxylic acids is 1. The Balaban J connectivity index is 0.00000196. The summed E-state index contributed by atoms with van der Waals surface area (Å²) in [6.45, 7) is 0. The first-order chi connectivity index (χ1) is 6.32. The monoisotopic (exact) mass is 242 g/mol. The van der Waals surface area contributed by atoms with Gasteiger partial charge in [0, 0.05) is 0 Å². The molecule has 1 aromatic rings. The average molecular weight is 242 g/mol. The third-order valence-electron chi connectivity index (χ3n) is 1.47. The number of benzene rings is 1. The molecule has 0 heterocycles. The number of rotatable bonds is 2. The number of aromatic hydroxyl groups is 1. The summed E-state index contributed by atoms with van der Waals surface area (Å²) in [6, 6.07) is 2.52. The summed E-state index contributed by atoms with van der Waals surface area (Å²) in [6.07, 6.45) is 0. The number of phenolic OH excluding ortho intramolecular Hbond substituents is 1. The van der Waals surface area contributed by atoms with Crippen LogP contribution in [0, 0.1) is 0 Å². The molecule has 0 radical (unpaired) electrons. The summed E-state index contributed by atoms with van der Waals surface area (Å²) in [5.74, 6) is -1.94. The second kappa shape index (κ2) is 4.95. The maximum atomic E-state index is 10.7. The van der Waals surface area contributed by atoms with E-state index in [0.29, 0.717) is 0 Å². The Hall–Kier alpha value is -0.600. The number of carboxylic acid groups (broad SMARTS) is 1. The van der Waals surface area contributed by atoms with Crippen LogP contribution in [-0.4, -0.2) is 58.7 Å². The fraction of sp³-hybridized carbons (Fsp3) is 0. The summed E-state index contributed by atoms with van der Waals surface area (Å²) in [5, 5.41) is 17.5. The Morgan fingerprint density at radius 2 is 1.80 bits per heavy atom. The summed E-state index contributed by atoms with van der Waals surface area (Å²) < 4.78 is 30.0. The van der Waals surface area contributed by atoms with Crippen molar-refractivity contribution in [3.05, 3.63) is 23.8 Å². The molecule has 0 bridgehead atoms. The van der Waals surface area contributed by atoms with E-state index in [2.05, 4.69) is 0 Å². The average Bonchev–Trinajstić information content (AvgIpc) is 2.01. The first-order valence-corrected chi connectivity index (χ1v) is 4.80. The molecular formula is C7H7NaO6S. The SMILES string of the molecule is O=C(O)c1cc(O)ccc1S(=O)(=O)O.[NaH]. The molecule has 0 saturated heterocycles. The van der Waals surface area contributed by atoms with Gasteiger partial charge in [0.2, 0.25) is 0 Å². The van der Waals surface area contributed by atoms with Gasteiger partial charge in [0.05, 0.1) is 5.56 Å². The Morgan fingerprint density at radius 3 is 2.20 bits per heavy atom. The predicted octanol–water partition coefficient (Wildman–Crippen LogP) is -0.311. The number of hydrogen-bond donors (Lipinski definition) is 3. The normalized spacial score (nSPS) is 10.5. The van der Waals surface area contributed by atoms with E-state index in [4.69, 9.17) is 14.8 Å². The summed E-state index contributed by atoms with van der Waals surface area (Å²) >= 11 is 0. The van der Waals surface area contributed by atoms with Gasteiger partial charge < -0.3 is 10.2 Å². The molecule has 0 aromatic heterocycles.